The Bertz CT molecular complexity index is 425. The van der Waals surface area contributed by atoms with Crippen molar-refractivity contribution in [3.8, 4) is 5.75 Å². The molecule has 0 bridgehead atoms. The van der Waals surface area contributed by atoms with Crippen LogP contribution in [-0.2, 0) is 0 Å². The molecule has 0 aliphatic carbocycles. The molecular formula is C13H20N2O3. The van der Waals surface area contributed by atoms with Crippen molar-refractivity contribution in [3.05, 3.63) is 33.9 Å². The van der Waals surface area contributed by atoms with E-state index in [1.807, 2.05) is 6.92 Å². The molecule has 1 aromatic carbocycles. The molecule has 0 saturated heterocycles. The summed E-state index contributed by atoms with van der Waals surface area (Å²) in [6, 6.07) is 4.97. The summed E-state index contributed by atoms with van der Waals surface area (Å²) < 4.78 is 5.44. The number of ether oxygens (including phenoxy) is 1. The molecule has 0 spiro atoms. The molecule has 0 heterocycles. The lowest BCUT2D eigenvalue weighted by atomic mass is 10.1. The van der Waals surface area contributed by atoms with Gasteiger partial charge in [0.25, 0.3) is 0 Å². The maximum absolute atomic E-state index is 10.9. The highest BCUT2D eigenvalue weighted by molar-refractivity contribution is 5.48. The molecule has 0 saturated carbocycles. The van der Waals surface area contributed by atoms with Gasteiger partial charge in [-0.2, -0.15) is 0 Å². The van der Waals surface area contributed by atoms with E-state index in [2.05, 4.69) is 26.1 Å². The van der Waals surface area contributed by atoms with Gasteiger partial charge in [0.2, 0.25) is 0 Å². The Morgan fingerprint density at radius 3 is 2.61 bits per heavy atom. The van der Waals surface area contributed by atoms with Crippen molar-refractivity contribution in [2.75, 3.05) is 13.2 Å². The number of aryl methyl sites for hydroxylation is 1. The maximum Gasteiger partial charge on any atom is 0.311 e. The third kappa shape index (κ3) is 4.71. The number of hydrogen-bond acceptors (Lipinski definition) is 4. The zero-order valence-corrected chi connectivity index (χ0v) is 11.3. The molecule has 0 aliphatic heterocycles. The molecule has 0 unspecified atom stereocenters. The van der Waals surface area contributed by atoms with E-state index in [0.29, 0.717) is 18.9 Å². The van der Waals surface area contributed by atoms with Gasteiger partial charge in [0, 0.05) is 18.2 Å². The number of benzene rings is 1. The monoisotopic (exact) mass is 252 g/mol. The van der Waals surface area contributed by atoms with Crippen LogP contribution in [0.25, 0.3) is 0 Å². The first kappa shape index (κ1) is 14.4. The van der Waals surface area contributed by atoms with Crippen molar-refractivity contribution in [3.63, 3.8) is 0 Å². The summed E-state index contributed by atoms with van der Waals surface area (Å²) in [5, 5.41) is 14.1. The highest BCUT2D eigenvalue weighted by Gasteiger charge is 2.15. The van der Waals surface area contributed by atoms with Gasteiger partial charge >= 0.3 is 5.69 Å². The van der Waals surface area contributed by atoms with E-state index >= 15 is 0 Å². The lowest BCUT2D eigenvalue weighted by Gasteiger charge is -2.20. The Morgan fingerprint density at radius 1 is 1.39 bits per heavy atom. The summed E-state index contributed by atoms with van der Waals surface area (Å²) in [4.78, 5) is 10.5. The highest BCUT2D eigenvalue weighted by atomic mass is 16.6. The Hall–Kier alpha value is -1.62. The van der Waals surface area contributed by atoms with Crippen LogP contribution in [0, 0.1) is 17.0 Å². The molecule has 0 aliphatic rings. The van der Waals surface area contributed by atoms with Gasteiger partial charge in [-0.1, -0.05) is 6.07 Å². The fourth-order valence-corrected chi connectivity index (χ4v) is 1.48. The third-order valence-corrected chi connectivity index (χ3v) is 2.33. The van der Waals surface area contributed by atoms with Crippen LogP contribution in [0.3, 0.4) is 0 Å². The molecular weight excluding hydrogens is 232 g/mol. The first-order valence-electron chi connectivity index (χ1n) is 5.92. The second-order valence-corrected chi connectivity index (χ2v) is 5.25. The van der Waals surface area contributed by atoms with E-state index < -0.39 is 4.92 Å². The van der Waals surface area contributed by atoms with Crippen LogP contribution in [0.5, 0.6) is 5.75 Å². The summed E-state index contributed by atoms with van der Waals surface area (Å²) >= 11 is 0. The molecule has 5 heteroatoms. The third-order valence-electron chi connectivity index (χ3n) is 2.33. The molecule has 1 rings (SSSR count). The van der Waals surface area contributed by atoms with Crippen molar-refractivity contribution in [2.24, 2.45) is 0 Å². The van der Waals surface area contributed by atoms with Gasteiger partial charge < -0.3 is 10.1 Å². The summed E-state index contributed by atoms with van der Waals surface area (Å²) in [7, 11) is 0. The van der Waals surface area contributed by atoms with Crippen LogP contribution in [0.15, 0.2) is 18.2 Å². The smallest absolute Gasteiger partial charge is 0.311 e. The molecule has 100 valence electrons. The average molecular weight is 252 g/mol. The second kappa shape index (κ2) is 5.82. The molecule has 5 nitrogen and oxygen atoms in total. The van der Waals surface area contributed by atoms with Gasteiger partial charge in [-0.25, -0.2) is 0 Å². The molecule has 1 N–H and O–H groups in total. The summed E-state index contributed by atoms with van der Waals surface area (Å²) in [5.74, 6) is 0.321. The number of nitro benzene ring substituents is 1. The molecule has 0 atom stereocenters. The van der Waals surface area contributed by atoms with Crippen LogP contribution < -0.4 is 10.1 Å². The van der Waals surface area contributed by atoms with Gasteiger partial charge in [0.05, 0.1) is 4.92 Å². The summed E-state index contributed by atoms with van der Waals surface area (Å²) in [6.45, 7) is 9.04. The van der Waals surface area contributed by atoms with Crippen LogP contribution in [0.1, 0.15) is 26.3 Å². The molecule has 0 amide bonds. The minimum Gasteiger partial charge on any atom is -0.485 e. The van der Waals surface area contributed by atoms with Crippen LogP contribution in [-0.4, -0.2) is 23.6 Å². The molecule has 0 radical (unpaired) electrons. The van der Waals surface area contributed by atoms with Gasteiger partial charge in [-0.15, -0.1) is 0 Å². The Kier molecular flexibility index (Phi) is 4.67. The van der Waals surface area contributed by atoms with Crippen LogP contribution in [0.2, 0.25) is 0 Å². The molecule has 18 heavy (non-hydrogen) atoms. The van der Waals surface area contributed by atoms with Gasteiger partial charge in [0.15, 0.2) is 5.75 Å². The van der Waals surface area contributed by atoms with E-state index in [-0.39, 0.29) is 11.2 Å². The van der Waals surface area contributed by atoms with E-state index in [4.69, 9.17) is 4.74 Å². The summed E-state index contributed by atoms with van der Waals surface area (Å²) in [5.41, 5.74) is 0.885. The minimum atomic E-state index is -0.417. The lowest BCUT2D eigenvalue weighted by molar-refractivity contribution is -0.385. The van der Waals surface area contributed by atoms with Gasteiger partial charge in [-0.3, -0.25) is 10.1 Å². The van der Waals surface area contributed by atoms with E-state index in [1.54, 1.807) is 12.1 Å². The number of hydrogen-bond donors (Lipinski definition) is 1. The second-order valence-electron chi connectivity index (χ2n) is 5.25. The number of nitrogens with zero attached hydrogens (tertiary/aromatic N) is 1. The predicted molar refractivity (Wildman–Crippen MR) is 71.1 cm³/mol. The first-order chi connectivity index (χ1) is 8.29. The van der Waals surface area contributed by atoms with Crippen LogP contribution >= 0.6 is 0 Å². The normalized spacial score (nSPS) is 11.3. The highest BCUT2D eigenvalue weighted by Crippen LogP contribution is 2.27. The summed E-state index contributed by atoms with van der Waals surface area (Å²) in [6.07, 6.45) is 0. The fourth-order valence-electron chi connectivity index (χ4n) is 1.48. The Labute approximate surface area is 107 Å². The SMILES string of the molecule is Cc1ccc(OCCNC(C)(C)C)c([N+](=O)[O-])c1. The van der Waals surface area contributed by atoms with Crippen molar-refractivity contribution < 1.29 is 9.66 Å². The van der Waals surface area contributed by atoms with Gasteiger partial charge in [0.1, 0.15) is 6.61 Å². The maximum atomic E-state index is 10.9. The van der Waals surface area contributed by atoms with Crippen molar-refractivity contribution in [1.82, 2.24) is 5.32 Å². The Morgan fingerprint density at radius 2 is 2.06 bits per heavy atom. The predicted octanol–water partition coefficient (Wildman–Crippen LogP) is 2.67. The van der Waals surface area contributed by atoms with Crippen LogP contribution in [0.4, 0.5) is 5.69 Å². The molecule has 0 fully saturated rings. The first-order valence-corrected chi connectivity index (χ1v) is 5.92. The fraction of sp³-hybridized carbons (Fsp3) is 0.538. The van der Waals surface area contributed by atoms with E-state index in [9.17, 15) is 10.1 Å². The molecule has 1 aromatic rings. The number of nitro groups is 1. The standard InChI is InChI=1S/C13H20N2O3/c1-10-5-6-12(11(9-10)15(16)17)18-8-7-14-13(2,3)4/h5-6,9,14H,7-8H2,1-4H3. The zero-order chi connectivity index (χ0) is 13.8. The topological polar surface area (TPSA) is 64.4 Å². The van der Waals surface area contributed by atoms with Crippen molar-refractivity contribution >= 4 is 5.69 Å². The number of rotatable bonds is 5. The van der Waals surface area contributed by atoms with Crippen molar-refractivity contribution in [1.29, 1.82) is 0 Å². The van der Waals surface area contributed by atoms with Gasteiger partial charge in [-0.05, 0) is 39.3 Å². The average Bonchev–Trinajstić information content (AvgIpc) is 2.24. The molecule has 0 aromatic heterocycles. The van der Waals surface area contributed by atoms with E-state index in [0.717, 1.165) is 5.56 Å². The zero-order valence-electron chi connectivity index (χ0n) is 11.3. The van der Waals surface area contributed by atoms with E-state index in [1.165, 1.54) is 6.07 Å². The minimum absolute atomic E-state index is 0.0164. The Balaban J connectivity index is 2.59. The number of nitrogens with one attached hydrogen (secondary N) is 1. The van der Waals surface area contributed by atoms with Crippen molar-refractivity contribution in [2.45, 2.75) is 33.2 Å². The lowest BCUT2D eigenvalue weighted by Crippen LogP contribution is -2.38. The quantitative estimate of drug-likeness (QED) is 0.497. The largest absolute Gasteiger partial charge is 0.485 e.